The fourth-order valence-corrected chi connectivity index (χ4v) is 2.58. The molecule has 0 spiro atoms. The van der Waals surface area contributed by atoms with Gasteiger partial charge in [0.05, 0.1) is 12.5 Å². The summed E-state index contributed by atoms with van der Waals surface area (Å²) < 4.78 is 25.7. The molecule has 1 aliphatic heterocycles. The molecule has 9 heteroatoms. The lowest BCUT2D eigenvalue weighted by atomic mass is 10.1. The maximum atomic E-state index is 11.7. The van der Waals surface area contributed by atoms with Gasteiger partial charge in [0, 0.05) is 6.42 Å². The van der Waals surface area contributed by atoms with Crippen molar-refractivity contribution in [3.8, 4) is 0 Å². The smallest absolute Gasteiger partial charge is 0.258 e. The minimum atomic E-state index is -3.81. The van der Waals surface area contributed by atoms with E-state index in [1.807, 2.05) is 0 Å². The van der Waals surface area contributed by atoms with Crippen molar-refractivity contribution >= 4 is 21.8 Å². The SMILES string of the molecule is O=C1CCC(NS(=O)(=O)c2cnc[nH]2)C(=O)N1. The fourth-order valence-electron chi connectivity index (χ4n) is 1.45. The molecule has 1 saturated heterocycles. The van der Waals surface area contributed by atoms with Crippen molar-refractivity contribution in [3.63, 3.8) is 0 Å². The Bertz CT molecular complexity index is 536. The number of H-pyrrole nitrogens is 1. The third-order valence-corrected chi connectivity index (χ3v) is 3.70. The number of sulfonamides is 1. The van der Waals surface area contributed by atoms with E-state index >= 15 is 0 Å². The molecule has 1 fully saturated rings. The van der Waals surface area contributed by atoms with Gasteiger partial charge in [0.1, 0.15) is 6.04 Å². The number of hydrogen-bond donors (Lipinski definition) is 3. The summed E-state index contributed by atoms with van der Waals surface area (Å²) in [5.41, 5.74) is 0. The predicted octanol–water partition coefficient (Wildman–Crippen LogP) is -1.51. The molecular weight excluding hydrogens is 248 g/mol. The second-order valence-corrected chi connectivity index (χ2v) is 5.22. The van der Waals surface area contributed by atoms with Gasteiger partial charge < -0.3 is 4.98 Å². The zero-order chi connectivity index (χ0) is 12.5. The summed E-state index contributed by atoms with van der Waals surface area (Å²) in [6, 6.07) is -0.930. The number of aromatic nitrogens is 2. The number of hydrogen-bond acceptors (Lipinski definition) is 5. The Kier molecular flexibility index (Phi) is 2.94. The maximum Gasteiger partial charge on any atom is 0.258 e. The Morgan fingerprint density at radius 3 is 2.76 bits per heavy atom. The molecule has 0 aromatic carbocycles. The fraction of sp³-hybridized carbons (Fsp3) is 0.375. The van der Waals surface area contributed by atoms with Crippen LogP contribution < -0.4 is 10.0 Å². The van der Waals surface area contributed by atoms with E-state index in [1.54, 1.807) is 0 Å². The molecule has 2 rings (SSSR count). The molecule has 1 aromatic rings. The number of aromatic amines is 1. The van der Waals surface area contributed by atoms with Gasteiger partial charge >= 0.3 is 0 Å². The maximum absolute atomic E-state index is 11.7. The first kappa shape index (κ1) is 11.7. The van der Waals surface area contributed by atoms with Crippen LogP contribution in [0.2, 0.25) is 0 Å². The summed E-state index contributed by atoms with van der Waals surface area (Å²) in [6.45, 7) is 0. The van der Waals surface area contributed by atoms with Gasteiger partial charge in [0.15, 0.2) is 5.03 Å². The molecule has 92 valence electrons. The molecule has 17 heavy (non-hydrogen) atoms. The molecule has 0 aliphatic carbocycles. The highest BCUT2D eigenvalue weighted by Crippen LogP contribution is 2.09. The van der Waals surface area contributed by atoms with E-state index in [0.717, 1.165) is 6.20 Å². The van der Waals surface area contributed by atoms with Crippen molar-refractivity contribution in [2.24, 2.45) is 0 Å². The van der Waals surface area contributed by atoms with Crippen molar-refractivity contribution in [2.75, 3.05) is 0 Å². The standard InChI is InChI=1S/C8H10N4O4S/c13-6-2-1-5(8(14)11-6)12-17(15,16)7-3-9-4-10-7/h3-5,12H,1-2H2,(H,9,10)(H,11,13,14). The highest BCUT2D eigenvalue weighted by atomic mass is 32.2. The average Bonchev–Trinajstić information content (AvgIpc) is 2.76. The Morgan fingerprint density at radius 2 is 2.18 bits per heavy atom. The average molecular weight is 258 g/mol. The highest BCUT2D eigenvalue weighted by Gasteiger charge is 2.31. The van der Waals surface area contributed by atoms with Crippen LogP contribution in [0.25, 0.3) is 0 Å². The largest absolute Gasteiger partial charge is 0.335 e. The van der Waals surface area contributed by atoms with E-state index in [-0.39, 0.29) is 17.9 Å². The summed E-state index contributed by atoms with van der Waals surface area (Å²) in [5.74, 6) is -1.03. The minimum Gasteiger partial charge on any atom is -0.335 e. The second-order valence-electron chi connectivity index (χ2n) is 3.54. The number of amides is 2. The monoisotopic (exact) mass is 258 g/mol. The lowest BCUT2D eigenvalue weighted by Gasteiger charge is -2.21. The van der Waals surface area contributed by atoms with Gasteiger partial charge in [-0.05, 0) is 6.42 Å². The lowest BCUT2D eigenvalue weighted by Crippen LogP contribution is -2.52. The molecule has 1 atom stereocenters. The Hall–Kier alpha value is -1.74. The molecule has 0 radical (unpaired) electrons. The summed E-state index contributed by atoms with van der Waals surface area (Å²) in [6.07, 6.45) is 2.62. The van der Waals surface area contributed by atoms with Crippen LogP contribution in [0.1, 0.15) is 12.8 Å². The second kappa shape index (κ2) is 4.26. The summed E-state index contributed by atoms with van der Waals surface area (Å²) in [5, 5.41) is 1.94. The zero-order valence-electron chi connectivity index (χ0n) is 8.63. The predicted molar refractivity (Wildman–Crippen MR) is 55.1 cm³/mol. The molecule has 2 heterocycles. The molecule has 3 N–H and O–H groups in total. The highest BCUT2D eigenvalue weighted by molar-refractivity contribution is 7.89. The third kappa shape index (κ3) is 2.50. The summed E-state index contributed by atoms with van der Waals surface area (Å²) in [7, 11) is -3.81. The number of nitrogens with zero attached hydrogens (tertiary/aromatic N) is 1. The summed E-state index contributed by atoms with van der Waals surface area (Å²) >= 11 is 0. The number of carbonyl (C=O) groups excluding carboxylic acids is 2. The van der Waals surface area contributed by atoms with Crippen LogP contribution in [-0.2, 0) is 19.6 Å². The van der Waals surface area contributed by atoms with Crippen molar-refractivity contribution in [1.29, 1.82) is 0 Å². The van der Waals surface area contributed by atoms with Crippen LogP contribution in [0.3, 0.4) is 0 Å². The van der Waals surface area contributed by atoms with Crippen LogP contribution in [0.4, 0.5) is 0 Å². The van der Waals surface area contributed by atoms with Gasteiger partial charge in [-0.3, -0.25) is 14.9 Å². The minimum absolute atomic E-state index is 0.113. The van der Waals surface area contributed by atoms with Crippen LogP contribution in [-0.4, -0.2) is 36.2 Å². The zero-order valence-corrected chi connectivity index (χ0v) is 9.45. The molecule has 8 nitrogen and oxygen atoms in total. The van der Waals surface area contributed by atoms with E-state index in [2.05, 4.69) is 20.0 Å². The summed E-state index contributed by atoms with van der Waals surface area (Å²) in [4.78, 5) is 28.3. The topological polar surface area (TPSA) is 121 Å². The van der Waals surface area contributed by atoms with E-state index in [4.69, 9.17) is 0 Å². The van der Waals surface area contributed by atoms with Crippen molar-refractivity contribution in [2.45, 2.75) is 23.9 Å². The number of imidazole rings is 1. The Morgan fingerprint density at radius 1 is 1.41 bits per heavy atom. The first-order chi connectivity index (χ1) is 7.99. The quantitative estimate of drug-likeness (QED) is 0.569. The molecule has 0 bridgehead atoms. The van der Waals surface area contributed by atoms with Gasteiger partial charge in [-0.15, -0.1) is 0 Å². The number of carbonyl (C=O) groups is 2. The normalized spacial score (nSPS) is 21.3. The van der Waals surface area contributed by atoms with Gasteiger partial charge in [-0.1, -0.05) is 0 Å². The van der Waals surface area contributed by atoms with Gasteiger partial charge in [0.25, 0.3) is 10.0 Å². The first-order valence-corrected chi connectivity index (χ1v) is 6.32. The van der Waals surface area contributed by atoms with E-state index in [9.17, 15) is 18.0 Å². The molecule has 1 aromatic heterocycles. The molecule has 2 amide bonds. The van der Waals surface area contributed by atoms with Crippen molar-refractivity contribution in [3.05, 3.63) is 12.5 Å². The van der Waals surface area contributed by atoms with Crippen LogP contribution in [0.15, 0.2) is 17.6 Å². The first-order valence-electron chi connectivity index (χ1n) is 4.83. The molecule has 1 aliphatic rings. The van der Waals surface area contributed by atoms with Gasteiger partial charge in [0.2, 0.25) is 11.8 Å². The molecule has 0 saturated carbocycles. The third-order valence-electron chi connectivity index (χ3n) is 2.30. The number of piperidine rings is 1. The molecular formula is C8H10N4O4S. The van der Waals surface area contributed by atoms with E-state index in [1.165, 1.54) is 6.33 Å². The van der Waals surface area contributed by atoms with Crippen LogP contribution in [0, 0.1) is 0 Å². The number of rotatable bonds is 3. The molecule has 1 unspecified atom stereocenters. The Balaban J connectivity index is 2.12. The lowest BCUT2D eigenvalue weighted by molar-refractivity contribution is -0.134. The Labute approximate surface area is 96.9 Å². The van der Waals surface area contributed by atoms with E-state index < -0.39 is 27.9 Å². The van der Waals surface area contributed by atoms with Crippen LogP contribution >= 0.6 is 0 Å². The van der Waals surface area contributed by atoms with Gasteiger partial charge in [-0.2, -0.15) is 4.72 Å². The van der Waals surface area contributed by atoms with Crippen molar-refractivity contribution in [1.82, 2.24) is 20.0 Å². The van der Waals surface area contributed by atoms with Gasteiger partial charge in [-0.25, -0.2) is 13.4 Å². The van der Waals surface area contributed by atoms with E-state index in [0.29, 0.717) is 0 Å². The van der Waals surface area contributed by atoms with Crippen LogP contribution in [0.5, 0.6) is 0 Å². The van der Waals surface area contributed by atoms with Crippen molar-refractivity contribution < 1.29 is 18.0 Å². The number of imide groups is 1. The number of nitrogens with one attached hydrogen (secondary N) is 3.